The second-order valence-electron chi connectivity index (χ2n) is 5.33. The maximum atomic E-state index is 12.2. The second kappa shape index (κ2) is 8.61. The minimum atomic E-state index is -4.77. The van der Waals surface area contributed by atoms with E-state index in [1.54, 1.807) is 42.7 Å². The summed E-state index contributed by atoms with van der Waals surface area (Å²) in [6.45, 7) is 0. The van der Waals surface area contributed by atoms with Crippen LogP contribution in [0.4, 0.5) is 24.8 Å². The molecule has 2 N–H and O–H groups in total. The molecule has 2 aromatic carbocycles. The fourth-order valence-electron chi connectivity index (χ4n) is 2.07. The molecule has 144 valence electrons. The van der Waals surface area contributed by atoms with Crippen molar-refractivity contribution in [2.75, 3.05) is 10.0 Å². The van der Waals surface area contributed by atoms with Gasteiger partial charge in [0.15, 0.2) is 0 Å². The molecular formula is C18H13F3N4O2S. The summed E-state index contributed by atoms with van der Waals surface area (Å²) in [4.78, 5) is 21.1. The van der Waals surface area contributed by atoms with Gasteiger partial charge in [0.25, 0.3) is 5.91 Å². The van der Waals surface area contributed by atoms with Crippen LogP contribution in [0.25, 0.3) is 0 Å². The number of aromatic nitrogens is 2. The Morgan fingerprint density at radius 1 is 0.964 bits per heavy atom. The Bertz CT molecular complexity index is 920. The number of carbonyl (C=O) groups is 1. The Hall–Kier alpha value is -3.27. The predicted molar refractivity (Wildman–Crippen MR) is 99.0 cm³/mol. The summed E-state index contributed by atoms with van der Waals surface area (Å²) in [5.74, 6) is -0.363. The second-order valence-corrected chi connectivity index (χ2v) is 6.21. The Balaban J connectivity index is 1.55. The van der Waals surface area contributed by atoms with E-state index in [9.17, 15) is 18.0 Å². The lowest BCUT2D eigenvalue weighted by atomic mass is 10.2. The van der Waals surface area contributed by atoms with Crippen molar-refractivity contribution in [3.63, 3.8) is 0 Å². The van der Waals surface area contributed by atoms with Crippen LogP contribution in [-0.2, 0) is 0 Å². The van der Waals surface area contributed by atoms with Gasteiger partial charge in [-0.05, 0) is 66.5 Å². The van der Waals surface area contributed by atoms with Crippen molar-refractivity contribution in [2.45, 2.75) is 11.3 Å². The first-order valence-electron chi connectivity index (χ1n) is 7.86. The van der Waals surface area contributed by atoms with Crippen LogP contribution in [0.1, 0.15) is 10.4 Å². The third-order valence-corrected chi connectivity index (χ3v) is 4.08. The molecule has 1 aromatic heterocycles. The monoisotopic (exact) mass is 406 g/mol. The molecule has 0 aliphatic rings. The lowest BCUT2D eigenvalue weighted by Crippen LogP contribution is -2.17. The summed E-state index contributed by atoms with van der Waals surface area (Å²) in [5.41, 5.74) is 0.747. The van der Waals surface area contributed by atoms with Gasteiger partial charge < -0.3 is 10.1 Å². The zero-order chi connectivity index (χ0) is 20.0. The molecule has 6 nitrogen and oxygen atoms in total. The number of ether oxygens (including phenoxy) is 1. The van der Waals surface area contributed by atoms with Crippen LogP contribution in [-0.4, -0.2) is 22.2 Å². The van der Waals surface area contributed by atoms with E-state index in [0.717, 1.165) is 17.0 Å². The van der Waals surface area contributed by atoms with Crippen LogP contribution in [0.5, 0.6) is 5.75 Å². The molecule has 0 bridgehead atoms. The number of rotatable bonds is 6. The molecule has 3 aromatic rings. The van der Waals surface area contributed by atoms with Gasteiger partial charge in [0.05, 0.1) is 0 Å². The van der Waals surface area contributed by atoms with Crippen LogP contribution >= 0.6 is 11.9 Å². The number of nitrogens with zero attached hydrogens (tertiary/aromatic N) is 2. The number of nitrogens with one attached hydrogen (secondary N) is 2. The highest BCUT2D eigenvalue weighted by atomic mass is 32.2. The van der Waals surface area contributed by atoms with E-state index in [4.69, 9.17) is 0 Å². The first kappa shape index (κ1) is 19.5. The van der Waals surface area contributed by atoms with E-state index < -0.39 is 12.3 Å². The number of hydrogen-bond donors (Lipinski definition) is 2. The van der Waals surface area contributed by atoms with Crippen LogP contribution in [0.3, 0.4) is 0 Å². The molecule has 1 amide bonds. The van der Waals surface area contributed by atoms with Gasteiger partial charge in [-0.15, -0.1) is 13.2 Å². The molecule has 1 heterocycles. The molecule has 28 heavy (non-hydrogen) atoms. The van der Waals surface area contributed by atoms with Gasteiger partial charge in [-0.2, -0.15) is 0 Å². The molecule has 0 atom stereocenters. The standard InChI is InChI=1S/C18H13F3N4O2S/c19-18(20,21)27-14-6-2-12(3-7-14)16(26)24-13-4-8-15(9-5-13)28-25-17-22-10-1-11-23-17/h1-11H,(H,24,26)(H,22,23,25). The lowest BCUT2D eigenvalue weighted by Gasteiger charge is -2.10. The van der Waals surface area contributed by atoms with E-state index in [1.807, 2.05) is 0 Å². The number of benzene rings is 2. The Labute approximate surface area is 162 Å². The normalized spacial score (nSPS) is 11.0. The van der Waals surface area contributed by atoms with Crippen LogP contribution in [0.15, 0.2) is 71.9 Å². The molecule has 0 fully saturated rings. The highest BCUT2D eigenvalue weighted by Crippen LogP contribution is 2.24. The summed E-state index contributed by atoms with van der Waals surface area (Å²) in [5, 5.41) is 2.67. The minimum Gasteiger partial charge on any atom is -0.406 e. The number of alkyl halides is 3. The summed E-state index contributed by atoms with van der Waals surface area (Å²) >= 11 is 1.31. The van der Waals surface area contributed by atoms with Crippen LogP contribution in [0, 0.1) is 0 Å². The Kier molecular flexibility index (Phi) is 5.99. The number of anilines is 2. The maximum absolute atomic E-state index is 12.2. The Morgan fingerprint density at radius 3 is 2.21 bits per heavy atom. The van der Waals surface area contributed by atoms with Crippen molar-refractivity contribution in [3.8, 4) is 5.75 Å². The topological polar surface area (TPSA) is 76.1 Å². The SMILES string of the molecule is O=C(Nc1ccc(SNc2ncccn2)cc1)c1ccc(OC(F)(F)F)cc1. The highest BCUT2D eigenvalue weighted by molar-refractivity contribution is 8.00. The van der Waals surface area contributed by atoms with Crippen LogP contribution in [0.2, 0.25) is 0 Å². The zero-order valence-corrected chi connectivity index (χ0v) is 14.9. The van der Waals surface area contributed by atoms with E-state index in [1.165, 1.54) is 24.1 Å². The van der Waals surface area contributed by atoms with Crippen molar-refractivity contribution >= 4 is 29.5 Å². The summed E-state index contributed by atoms with van der Waals surface area (Å²) in [6.07, 6.45) is -1.53. The first-order chi connectivity index (χ1) is 13.4. The number of carbonyl (C=O) groups excluding carboxylic acids is 1. The molecule has 0 spiro atoms. The molecule has 0 saturated heterocycles. The van der Waals surface area contributed by atoms with Gasteiger partial charge in [-0.3, -0.25) is 9.52 Å². The summed E-state index contributed by atoms with van der Waals surface area (Å²) in [6, 6.07) is 13.4. The molecule has 10 heteroatoms. The molecule has 0 aliphatic carbocycles. The van der Waals surface area contributed by atoms with Gasteiger partial charge >= 0.3 is 6.36 Å². The average Bonchev–Trinajstić information content (AvgIpc) is 2.67. The number of hydrogen-bond acceptors (Lipinski definition) is 6. The number of amides is 1. The lowest BCUT2D eigenvalue weighted by molar-refractivity contribution is -0.274. The predicted octanol–water partition coefficient (Wildman–Crippen LogP) is 4.75. The van der Waals surface area contributed by atoms with Gasteiger partial charge in [0.2, 0.25) is 5.95 Å². The first-order valence-corrected chi connectivity index (χ1v) is 8.68. The highest BCUT2D eigenvalue weighted by Gasteiger charge is 2.31. The molecule has 0 saturated carbocycles. The Morgan fingerprint density at radius 2 is 1.61 bits per heavy atom. The summed E-state index contributed by atoms with van der Waals surface area (Å²) < 4.78 is 43.2. The van der Waals surface area contributed by atoms with Crippen LogP contribution < -0.4 is 14.8 Å². The van der Waals surface area contributed by atoms with Crippen molar-refractivity contribution in [1.82, 2.24) is 9.97 Å². The fourth-order valence-corrected chi connectivity index (χ4v) is 2.66. The third kappa shape index (κ3) is 5.88. The minimum absolute atomic E-state index is 0.205. The fraction of sp³-hybridized carbons (Fsp3) is 0.0556. The largest absolute Gasteiger partial charge is 0.573 e. The van der Waals surface area contributed by atoms with E-state index >= 15 is 0 Å². The molecule has 3 rings (SSSR count). The number of halogens is 3. The quantitative estimate of drug-likeness (QED) is 0.576. The molecular weight excluding hydrogens is 393 g/mol. The zero-order valence-electron chi connectivity index (χ0n) is 14.1. The van der Waals surface area contributed by atoms with E-state index in [-0.39, 0.29) is 11.3 Å². The average molecular weight is 406 g/mol. The molecule has 0 radical (unpaired) electrons. The van der Waals surface area contributed by atoms with Crippen molar-refractivity contribution in [2.24, 2.45) is 0 Å². The van der Waals surface area contributed by atoms with E-state index in [2.05, 4.69) is 24.7 Å². The van der Waals surface area contributed by atoms with Gasteiger partial charge in [0.1, 0.15) is 5.75 Å². The summed E-state index contributed by atoms with van der Waals surface area (Å²) in [7, 11) is 0. The van der Waals surface area contributed by atoms with E-state index in [0.29, 0.717) is 11.6 Å². The van der Waals surface area contributed by atoms with Gasteiger partial charge in [-0.25, -0.2) is 9.97 Å². The smallest absolute Gasteiger partial charge is 0.406 e. The van der Waals surface area contributed by atoms with Crippen molar-refractivity contribution in [1.29, 1.82) is 0 Å². The third-order valence-electron chi connectivity index (χ3n) is 3.29. The van der Waals surface area contributed by atoms with Crippen molar-refractivity contribution < 1.29 is 22.7 Å². The molecule has 0 unspecified atom stereocenters. The van der Waals surface area contributed by atoms with Gasteiger partial charge in [-0.1, -0.05) is 0 Å². The van der Waals surface area contributed by atoms with Gasteiger partial charge in [0, 0.05) is 28.5 Å². The maximum Gasteiger partial charge on any atom is 0.573 e. The van der Waals surface area contributed by atoms with Crippen molar-refractivity contribution in [3.05, 3.63) is 72.6 Å². The molecule has 0 aliphatic heterocycles.